The van der Waals surface area contributed by atoms with Gasteiger partial charge in [0.2, 0.25) is 0 Å². The summed E-state index contributed by atoms with van der Waals surface area (Å²) in [7, 11) is 0. The Bertz CT molecular complexity index is 340. The molecule has 15 heavy (non-hydrogen) atoms. The number of rotatable bonds is 1. The highest BCUT2D eigenvalue weighted by Crippen LogP contribution is 2.38. The van der Waals surface area contributed by atoms with Gasteiger partial charge in [-0.15, -0.1) is 0 Å². The lowest BCUT2D eigenvalue weighted by Crippen LogP contribution is -2.06. The highest BCUT2D eigenvalue weighted by atomic mass is 79.9. The molecule has 2 rings (SSSR count). The maximum absolute atomic E-state index is 3.51. The highest BCUT2D eigenvalue weighted by molar-refractivity contribution is 9.28. The van der Waals surface area contributed by atoms with Gasteiger partial charge in [0, 0.05) is 0 Å². The molecule has 1 aromatic carbocycles. The molecule has 0 aliphatic heterocycles. The van der Waals surface area contributed by atoms with Crippen LogP contribution in [-0.2, 0) is 0 Å². The van der Waals surface area contributed by atoms with E-state index in [0.717, 1.165) is 5.92 Å². The van der Waals surface area contributed by atoms with Crippen molar-refractivity contribution in [3.05, 3.63) is 44.9 Å². The van der Waals surface area contributed by atoms with Gasteiger partial charge < -0.3 is 0 Å². The largest absolute Gasteiger partial charge is 0.0622 e. The lowest BCUT2D eigenvalue weighted by Gasteiger charge is -2.24. The van der Waals surface area contributed by atoms with E-state index in [9.17, 15) is 0 Å². The van der Waals surface area contributed by atoms with Crippen LogP contribution in [0.25, 0.3) is 0 Å². The lowest BCUT2D eigenvalue weighted by atomic mass is 9.82. The minimum absolute atomic E-state index is 0.759. The Labute approximate surface area is 108 Å². The molecule has 0 N–H and O–H groups in total. The van der Waals surface area contributed by atoms with Crippen LogP contribution < -0.4 is 0 Å². The predicted octanol–water partition coefficient (Wildman–Crippen LogP) is 5.35. The summed E-state index contributed by atoms with van der Waals surface area (Å²) >= 11 is 7.02. The first-order valence-electron chi connectivity index (χ1n) is 5.35. The first-order chi connectivity index (χ1) is 7.27. The Morgan fingerprint density at radius 2 is 1.60 bits per heavy atom. The van der Waals surface area contributed by atoms with Gasteiger partial charge in [-0.1, -0.05) is 30.3 Å². The van der Waals surface area contributed by atoms with Crippen LogP contribution >= 0.6 is 31.9 Å². The fraction of sp³-hybridized carbons (Fsp3) is 0.385. The van der Waals surface area contributed by atoms with Crippen LogP contribution in [0.3, 0.4) is 0 Å². The number of benzene rings is 1. The molecule has 0 nitrogen and oxygen atoms in total. The van der Waals surface area contributed by atoms with Gasteiger partial charge in [-0.25, -0.2) is 0 Å². The highest BCUT2D eigenvalue weighted by Gasteiger charge is 2.18. The second-order valence-electron chi connectivity index (χ2n) is 4.05. The third-order valence-electron chi connectivity index (χ3n) is 3.13. The summed E-state index contributed by atoms with van der Waals surface area (Å²) in [4.78, 5) is 0. The van der Waals surface area contributed by atoms with Gasteiger partial charge in [0.05, 0.1) is 3.39 Å². The van der Waals surface area contributed by atoms with E-state index >= 15 is 0 Å². The summed E-state index contributed by atoms with van der Waals surface area (Å²) in [6.45, 7) is 0. The molecule has 0 aromatic heterocycles. The van der Waals surface area contributed by atoms with Gasteiger partial charge in [-0.2, -0.15) is 0 Å². The summed E-state index contributed by atoms with van der Waals surface area (Å²) in [5.74, 6) is 0.759. The van der Waals surface area contributed by atoms with Crippen LogP contribution in [0.5, 0.6) is 0 Å². The molecule has 2 heteroatoms. The van der Waals surface area contributed by atoms with Crippen molar-refractivity contribution in [1.82, 2.24) is 0 Å². The standard InChI is InChI=1S/C13H14Br2/c14-13(15)12-8-6-11(7-9-12)10-4-2-1-3-5-10/h1-5,11H,6-9H2. The van der Waals surface area contributed by atoms with E-state index in [-0.39, 0.29) is 0 Å². The fourth-order valence-corrected chi connectivity index (χ4v) is 3.01. The molecule has 0 amide bonds. The zero-order valence-electron chi connectivity index (χ0n) is 8.55. The van der Waals surface area contributed by atoms with Crippen molar-refractivity contribution in [3.8, 4) is 0 Å². The molecule has 0 unspecified atom stereocenters. The van der Waals surface area contributed by atoms with Crippen molar-refractivity contribution in [2.75, 3.05) is 0 Å². The van der Waals surface area contributed by atoms with Crippen LogP contribution in [-0.4, -0.2) is 0 Å². The summed E-state index contributed by atoms with van der Waals surface area (Å²) in [5.41, 5.74) is 3.03. The third kappa shape index (κ3) is 2.94. The molecule has 1 fully saturated rings. The average Bonchev–Trinajstić information content (AvgIpc) is 2.30. The van der Waals surface area contributed by atoms with E-state index in [2.05, 4.69) is 62.2 Å². The Morgan fingerprint density at radius 3 is 2.13 bits per heavy atom. The molecule has 0 bridgehead atoms. The minimum Gasteiger partial charge on any atom is -0.0622 e. The number of hydrogen-bond donors (Lipinski definition) is 0. The molecule has 0 atom stereocenters. The van der Waals surface area contributed by atoms with E-state index in [1.807, 2.05) is 0 Å². The Morgan fingerprint density at radius 1 is 1.00 bits per heavy atom. The average molecular weight is 330 g/mol. The van der Waals surface area contributed by atoms with Gasteiger partial charge in [-0.3, -0.25) is 0 Å². The van der Waals surface area contributed by atoms with Crippen molar-refractivity contribution in [3.63, 3.8) is 0 Å². The molecule has 0 spiro atoms. The maximum atomic E-state index is 3.51. The maximum Gasteiger partial charge on any atom is 0.0596 e. The van der Waals surface area contributed by atoms with Crippen LogP contribution in [0.15, 0.2) is 39.3 Å². The normalized spacial score (nSPS) is 21.5. The van der Waals surface area contributed by atoms with E-state index in [1.54, 1.807) is 0 Å². The molecule has 1 aliphatic rings. The van der Waals surface area contributed by atoms with Gasteiger partial charge in [0.25, 0.3) is 0 Å². The van der Waals surface area contributed by atoms with Crippen LogP contribution in [0.2, 0.25) is 0 Å². The van der Waals surface area contributed by atoms with Crippen LogP contribution in [0.1, 0.15) is 37.2 Å². The van der Waals surface area contributed by atoms with Gasteiger partial charge in [-0.05, 0) is 74.6 Å². The van der Waals surface area contributed by atoms with Crippen LogP contribution in [0.4, 0.5) is 0 Å². The quantitative estimate of drug-likeness (QED) is 0.651. The zero-order valence-corrected chi connectivity index (χ0v) is 11.7. The topological polar surface area (TPSA) is 0 Å². The zero-order chi connectivity index (χ0) is 10.7. The fourth-order valence-electron chi connectivity index (χ4n) is 2.21. The van der Waals surface area contributed by atoms with E-state index in [1.165, 1.54) is 40.2 Å². The van der Waals surface area contributed by atoms with E-state index in [0.29, 0.717) is 0 Å². The van der Waals surface area contributed by atoms with E-state index < -0.39 is 0 Å². The van der Waals surface area contributed by atoms with Crippen molar-refractivity contribution in [1.29, 1.82) is 0 Å². The molecule has 0 saturated heterocycles. The van der Waals surface area contributed by atoms with Crippen molar-refractivity contribution in [2.45, 2.75) is 31.6 Å². The monoisotopic (exact) mass is 328 g/mol. The molecule has 0 radical (unpaired) electrons. The van der Waals surface area contributed by atoms with Crippen molar-refractivity contribution < 1.29 is 0 Å². The molecule has 1 saturated carbocycles. The minimum atomic E-state index is 0.759. The lowest BCUT2D eigenvalue weighted by molar-refractivity contribution is 0.517. The molecule has 0 heterocycles. The van der Waals surface area contributed by atoms with Crippen LogP contribution in [0, 0.1) is 0 Å². The summed E-state index contributed by atoms with van der Waals surface area (Å²) in [5, 5.41) is 0. The first kappa shape index (κ1) is 11.4. The van der Waals surface area contributed by atoms with Gasteiger partial charge >= 0.3 is 0 Å². The molecular formula is C13H14Br2. The number of hydrogen-bond acceptors (Lipinski definition) is 0. The van der Waals surface area contributed by atoms with Crippen molar-refractivity contribution >= 4 is 31.9 Å². The number of halogens is 2. The summed E-state index contributed by atoms with van der Waals surface area (Å²) < 4.78 is 1.17. The summed E-state index contributed by atoms with van der Waals surface area (Å²) in [6, 6.07) is 10.9. The first-order valence-corrected chi connectivity index (χ1v) is 6.94. The molecule has 80 valence electrons. The third-order valence-corrected chi connectivity index (χ3v) is 4.25. The molecule has 1 aliphatic carbocycles. The smallest absolute Gasteiger partial charge is 0.0596 e. The van der Waals surface area contributed by atoms with E-state index in [4.69, 9.17) is 0 Å². The summed E-state index contributed by atoms with van der Waals surface area (Å²) in [6.07, 6.45) is 4.98. The SMILES string of the molecule is BrC(Br)=C1CCC(c2ccccc2)CC1. The Balaban J connectivity index is 2.03. The van der Waals surface area contributed by atoms with Gasteiger partial charge in [0.1, 0.15) is 0 Å². The number of allylic oxidation sites excluding steroid dienone is 1. The van der Waals surface area contributed by atoms with Gasteiger partial charge in [0.15, 0.2) is 0 Å². The Kier molecular flexibility index (Phi) is 4.04. The molecule has 1 aromatic rings. The predicted molar refractivity (Wildman–Crippen MR) is 72.5 cm³/mol. The second kappa shape index (κ2) is 5.31. The Hall–Kier alpha value is -0.0800. The molecular weight excluding hydrogens is 316 g/mol. The van der Waals surface area contributed by atoms with Crippen molar-refractivity contribution in [2.24, 2.45) is 0 Å². The second-order valence-corrected chi connectivity index (χ2v) is 6.70.